The molecule has 0 bridgehead atoms. The van der Waals surface area contributed by atoms with Gasteiger partial charge >= 0.3 is 77.5 Å². The first kappa shape index (κ1) is 105. The maximum absolute atomic E-state index is 12.4. The van der Waals surface area contributed by atoms with Gasteiger partial charge in [0.15, 0.2) is 12.6 Å². The van der Waals surface area contributed by atoms with Gasteiger partial charge in [0.2, 0.25) is 0 Å². The molecule has 121 heavy (non-hydrogen) atoms. The number of aromatic amines is 2. The van der Waals surface area contributed by atoms with E-state index in [4.69, 9.17) is 58.1 Å². The number of H-pyrrole nitrogens is 2. The van der Waals surface area contributed by atoms with Gasteiger partial charge in [-0.2, -0.15) is 10.5 Å². The van der Waals surface area contributed by atoms with Gasteiger partial charge in [0.1, 0.15) is 46.7 Å². The molecule has 37 heteroatoms. The fourth-order valence-corrected chi connectivity index (χ4v) is 11.4. The SMILES string of the molecule is CCOC(=O)c1ccc(-n2cc(C#N)c3c(OC)cccc32)cc1.CCOC(=O)c1ccc(-n2cc(C=O)c3c(OC)cccc32)cc1.CCOC(=O)c1ccc(F)cc1.COc1cccc2[nH]cc(C=O)c12.COc1cccc2[nH]ccc12.COc1cccc2c1c(C#N)cn2-c1ccc(C(=O)O)cc1.O=C[O-].O=P(Cl)(Cl)Cl.ONCl.[Li+].[Na+].[OH-].[OH-]. The summed E-state index contributed by atoms with van der Waals surface area (Å²) >= 11 is 18.2. The number of benzene rings is 9. The van der Waals surface area contributed by atoms with Gasteiger partial charge in [-0.1, -0.05) is 30.3 Å². The van der Waals surface area contributed by atoms with Crippen molar-refractivity contribution in [1.82, 2.24) is 28.7 Å². The summed E-state index contributed by atoms with van der Waals surface area (Å²) in [5.74, 6) is 1.14. The molecule has 0 radical (unpaired) electrons. The Bertz CT molecular complexity index is 5830. The molecule has 0 saturated carbocycles. The van der Waals surface area contributed by atoms with Gasteiger partial charge in [-0.05, 0) is 218 Å². The first-order valence-corrected chi connectivity index (χ1v) is 39.2. The zero-order chi connectivity index (χ0) is 85.7. The third kappa shape index (κ3) is 29.2. The van der Waals surface area contributed by atoms with E-state index in [0.29, 0.717) is 76.0 Å². The molecule has 29 nitrogen and oxygen atoms in total. The summed E-state index contributed by atoms with van der Waals surface area (Å²) in [5.41, 5.74) is 10.9. The molecule has 14 rings (SSSR count). The van der Waals surface area contributed by atoms with Crippen molar-refractivity contribution >= 4 is 148 Å². The molecule has 7 N–H and O–H groups in total. The van der Waals surface area contributed by atoms with Crippen LogP contribution in [0.1, 0.15) is 94.0 Å². The number of carboxylic acids is 1. The molecule has 14 aromatic rings. The van der Waals surface area contributed by atoms with Crippen molar-refractivity contribution in [2.45, 2.75) is 20.8 Å². The zero-order valence-electron chi connectivity index (χ0n) is 66.5. The fourth-order valence-electron chi connectivity index (χ4n) is 11.4. The smallest absolute Gasteiger partial charge is 0.870 e. The number of carboxylic acid groups (broad SMARTS) is 2. The molecule has 9 aromatic carbocycles. The van der Waals surface area contributed by atoms with Crippen LogP contribution >= 0.6 is 50.7 Å². The topological polar surface area (TPSA) is 440 Å². The number of aromatic nitrogens is 5. The molecule has 5 heterocycles. The zero-order valence-corrected chi connectivity index (χ0v) is 72.4. The molecule has 0 aliphatic carbocycles. The van der Waals surface area contributed by atoms with Crippen molar-refractivity contribution in [2.75, 3.05) is 55.4 Å². The molecule has 0 unspecified atom stereocenters. The van der Waals surface area contributed by atoms with E-state index >= 15 is 0 Å². The number of nitrogens with zero attached hydrogens (tertiary/aromatic N) is 5. The maximum Gasteiger partial charge on any atom is 1.00 e. The molecule has 0 atom stereocenters. The van der Waals surface area contributed by atoms with Gasteiger partial charge in [0.25, 0.3) is 0 Å². The van der Waals surface area contributed by atoms with Crippen LogP contribution in [-0.2, 0) is 23.6 Å². The van der Waals surface area contributed by atoms with E-state index in [0.717, 1.165) is 95.6 Å². The van der Waals surface area contributed by atoms with Crippen molar-refractivity contribution in [3.8, 4) is 57.9 Å². The molecular formula is C84H77Cl4FLiN8NaO21P-. The van der Waals surface area contributed by atoms with Crippen LogP contribution in [0.2, 0.25) is 0 Å². The number of carbonyl (C=O) groups is 7. The van der Waals surface area contributed by atoms with Crippen molar-refractivity contribution in [1.29, 1.82) is 10.5 Å². The van der Waals surface area contributed by atoms with Crippen molar-refractivity contribution in [3.63, 3.8) is 0 Å². The summed E-state index contributed by atoms with van der Waals surface area (Å²) in [5, 5.41) is 44.1. The average molecular weight is 1760 g/mol. The Morgan fingerprint density at radius 2 is 0.810 bits per heavy atom. The van der Waals surface area contributed by atoms with E-state index in [9.17, 15) is 48.2 Å². The van der Waals surface area contributed by atoms with Gasteiger partial charge in [-0.3, -0.25) is 14.2 Å². The predicted octanol–water partition coefficient (Wildman–Crippen LogP) is 11.6. The Hall–Kier alpha value is -11.9. The van der Waals surface area contributed by atoms with Crippen LogP contribution in [0.4, 0.5) is 4.39 Å². The molecule has 622 valence electrons. The van der Waals surface area contributed by atoms with E-state index < -0.39 is 23.6 Å². The van der Waals surface area contributed by atoms with E-state index in [1.807, 2.05) is 135 Å². The molecule has 0 spiro atoms. The van der Waals surface area contributed by atoms with Crippen molar-refractivity contribution in [2.24, 2.45) is 0 Å². The number of hydrogen-bond donors (Lipinski definition) is 5. The number of esters is 3. The van der Waals surface area contributed by atoms with Crippen molar-refractivity contribution < 1.29 is 155 Å². The number of fused-ring (bicyclic) bond motifs is 5. The molecule has 0 aliphatic heterocycles. The number of carbonyl (C=O) groups excluding carboxylic acids is 6. The predicted molar refractivity (Wildman–Crippen MR) is 446 cm³/mol. The largest absolute Gasteiger partial charge is 1.00 e. The Kier molecular flexibility index (Phi) is 46.6. The second kappa shape index (κ2) is 53.6. The van der Waals surface area contributed by atoms with Gasteiger partial charge in [-0.15, -0.1) is 5.00 Å². The number of nitrogens with one attached hydrogen (secondary N) is 3. The van der Waals surface area contributed by atoms with Gasteiger partial charge in [0.05, 0.1) is 127 Å². The summed E-state index contributed by atoms with van der Waals surface area (Å²) in [7, 11) is 8.00. The van der Waals surface area contributed by atoms with Crippen LogP contribution in [-0.4, -0.2) is 143 Å². The van der Waals surface area contributed by atoms with E-state index in [-0.39, 0.29) is 82.7 Å². The molecule has 0 fully saturated rings. The van der Waals surface area contributed by atoms with E-state index in [1.54, 1.807) is 124 Å². The minimum Gasteiger partial charge on any atom is -0.870 e. The monoisotopic (exact) mass is 1750 g/mol. The van der Waals surface area contributed by atoms with Crippen LogP contribution in [0.5, 0.6) is 28.7 Å². The number of methoxy groups -OCH3 is 5. The summed E-state index contributed by atoms with van der Waals surface area (Å²) < 4.78 is 68.6. The van der Waals surface area contributed by atoms with Crippen LogP contribution in [0.15, 0.2) is 225 Å². The van der Waals surface area contributed by atoms with Crippen LogP contribution in [0.3, 0.4) is 0 Å². The Morgan fingerprint density at radius 3 is 1.16 bits per heavy atom. The number of rotatable bonds is 17. The minimum absolute atomic E-state index is 0. The Balaban J connectivity index is 0.000000486. The Morgan fingerprint density at radius 1 is 0.496 bits per heavy atom. The maximum atomic E-state index is 12.4. The number of halogens is 5. The molecule has 0 amide bonds. The second-order valence-corrected chi connectivity index (χ2v) is 29.8. The average Bonchev–Trinajstić information content (AvgIpc) is 1.63. The summed E-state index contributed by atoms with van der Waals surface area (Å²) in [6.45, 7) is 5.78. The normalized spacial score (nSPS) is 9.75. The van der Waals surface area contributed by atoms with Gasteiger partial charge in [0, 0.05) is 93.8 Å². The number of aromatic carboxylic acids is 1. The van der Waals surface area contributed by atoms with Crippen LogP contribution < -0.4 is 82.2 Å². The summed E-state index contributed by atoms with van der Waals surface area (Å²) in [6.07, 6.45) is 10.5. The fraction of sp³-hybridized carbons (Fsp3) is 0.131. The molecule has 0 saturated heterocycles. The number of aldehydes is 2. The van der Waals surface area contributed by atoms with Gasteiger partial charge < -0.3 is 92.7 Å². The third-order valence-electron chi connectivity index (χ3n) is 16.3. The standard InChI is InChI=1S/C19H16N2O3.C19H17NO4.C17H12N2O3.C10H9NO2.C9H9FO2.C9H9NO.CH2O2.Cl3OP.ClH2NO.Li.Na.2H2O/c1-3-24-19(22)13-7-9-15(10-8-13)21-12-14(11-20)18-16(21)5-4-6-17(18)23-2;1-3-24-19(22)13-7-9-15(10-8-13)20-11-14(12-21)18-16(20)5-4-6-17(18)23-2;1-22-15-4-2-3-14-16(15)12(9-18)10-19(14)13-7-5-11(6-8-13)17(20)21;1-13-9-4-2-3-8-10(9)7(6-12)5-11-8;1-2-12-9(11)7-3-5-8(10)6-4-7;1-11-9-4-2-3-8-7(9)5-6-10-8;2-1-3;1-5(2,3)4;1-2-3;;;;/h4-10,12H,3H2,1-2H3;4-12H,3H2,1-2H3;2-8,10H,1H3,(H,20,21);2-6,11H,1H3;3-6H,2H2,1H3;2-6,10H,1H3;1H,(H,2,3);;2-3H;;;2*1H2/q;;;;;;;;;2*+1;;/p-3. The summed E-state index contributed by atoms with van der Waals surface area (Å²) in [6, 6.07) is 60.6. The first-order valence-electron chi connectivity index (χ1n) is 34.4. The number of ether oxygens (including phenoxy) is 8. The van der Waals surface area contributed by atoms with E-state index in [1.165, 1.54) is 41.4 Å². The van der Waals surface area contributed by atoms with Crippen LogP contribution in [0.25, 0.3) is 71.6 Å². The number of hydrogen-bond acceptors (Lipinski definition) is 23. The minimum atomic E-state index is -3.22. The first-order chi connectivity index (χ1) is 56.4. The summed E-state index contributed by atoms with van der Waals surface area (Å²) in [4.78, 5) is 83.1. The molecular weight excluding hydrogens is 1680 g/mol. The third-order valence-corrected chi connectivity index (χ3v) is 16.3. The van der Waals surface area contributed by atoms with Gasteiger partial charge in [-0.25, -0.2) is 23.6 Å². The van der Waals surface area contributed by atoms with Crippen LogP contribution in [0, 0.1) is 28.5 Å². The van der Waals surface area contributed by atoms with Crippen molar-refractivity contribution in [3.05, 3.63) is 275 Å². The second-order valence-electron chi connectivity index (χ2n) is 23.0. The Labute approximate surface area is 746 Å². The van der Waals surface area contributed by atoms with E-state index in [2.05, 4.69) is 67.6 Å². The molecule has 5 aromatic heterocycles. The quantitative estimate of drug-likeness (QED) is 0.0107. The molecule has 0 aliphatic rings. The number of nitriles is 2.